The lowest BCUT2D eigenvalue weighted by Gasteiger charge is -2.23. The molecule has 1 aliphatic rings. The van der Waals surface area contributed by atoms with E-state index in [1.165, 1.54) is 5.56 Å². The third-order valence-electron chi connectivity index (χ3n) is 4.73. The van der Waals surface area contributed by atoms with Gasteiger partial charge in [0.15, 0.2) is 5.96 Å². The molecule has 0 aromatic heterocycles. The number of hydrogen-bond acceptors (Lipinski definition) is 4. The molecule has 0 atom stereocenters. The molecule has 0 aliphatic carbocycles. The van der Waals surface area contributed by atoms with Crippen LogP contribution in [0.2, 0.25) is 0 Å². The molecule has 152 valence electrons. The summed E-state index contributed by atoms with van der Waals surface area (Å²) >= 11 is 0. The molecule has 0 saturated carbocycles. The average Bonchev–Trinajstić information content (AvgIpc) is 2.69. The summed E-state index contributed by atoms with van der Waals surface area (Å²) in [5, 5.41) is 3.38. The van der Waals surface area contributed by atoms with E-state index in [4.69, 9.17) is 14.2 Å². The van der Waals surface area contributed by atoms with E-state index in [1.54, 1.807) is 7.05 Å². The number of hydrogen-bond donors (Lipinski definition) is 1. The highest BCUT2D eigenvalue weighted by molar-refractivity contribution is 5.79. The molecule has 6 nitrogen and oxygen atoms in total. The number of guanidine groups is 1. The zero-order valence-corrected chi connectivity index (χ0v) is 17.1. The summed E-state index contributed by atoms with van der Waals surface area (Å²) in [6, 6.07) is 8.12. The van der Waals surface area contributed by atoms with Gasteiger partial charge in [0.05, 0.1) is 6.54 Å². The average molecular weight is 378 g/mol. The maximum absolute atomic E-state index is 5.80. The van der Waals surface area contributed by atoms with Crippen LogP contribution in [-0.2, 0) is 9.47 Å². The number of benzene rings is 1. The van der Waals surface area contributed by atoms with Gasteiger partial charge in [-0.3, -0.25) is 4.99 Å². The van der Waals surface area contributed by atoms with Gasteiger partial charge in [0.25, 0.3) is 0 Å². The quantitative estimate of drug-likeness (QED) is 0.386. The second-order valence-corrected chi connectivity index (χ2v) is 7.04. The topological polar surface area (TPSA) is 55.3 Å². The van der Waals surface area contributed by atoms with Crippen molar-refractivity contribution in [2.24, 2.45) is 10.9 Å². The fraction of sp³-hybridized carbons (Fsp3) is 0.667. The molecule has 1 aliphatic heterocycles. The Balaban J connectivity index is 1.53. The van der Waals surface area contributed by atoms with Crippen molar-refractivity contribution >= 4 is 5.96 Å². The minimum atomic E-state index is 0.620. The number of rotatable bonds is 10. The first kappa shape index (κ1) is 21.5. The second kappa shape index (κ2) is 12.6. The third-order valence-corrected chi connectivity index (χ3v) is 4.73. The Morgan fingerprint density at radius 3 is 2.67 bits per heavy atom. The van der Waals surface area contributed by atoms with Crippen molar-refractivity contribution in [3.63, 3.8) is 0 Å². The summed E-state index contributed by atoms with van der Waals surface area (Å²) < 4.78 is 17.0. The molecule has 1 N–H and O–H groups in total. The molecule has 0 bridgehead atoms. The molecule has 1 heterocycles. The molecule has 1 saturated heterocycles. The van der Waals surface area contributed by atoms with Crippen molar-refractivity contribution in [1.82, 2.24) is 10.2 Å². The first-order valence-corrected chi connectivity index (χ1v) is 9.96. The summed E-state index contributed by atoms with van der Waals surface area (Å²) in [4.78, 5) is 6.42. The summed E-state index contributed by atoms with van der Waals surface area (Å²) in [7, 11) is 3.83. The molecular weight excluding hydrogens is 342 g/mol. The van der Waals surface area contributed by atoms with Gasteiger partial charge in [0, 0.05) is 47.1 Å². The SMILES string of the molecule is CN=C(NCCCOCC1CCOCC1)N(C)CCOc1ccc(C)cc1. The smallest absolute Gasteiger partial charge is 0.193 e. The highest BCUT2D eigenvalue weighted by Crippen LogP contribution is 2.14. The largest absolute Gasteiger partial charge is 0.492 e. The predicted octanol–water partition coefficient (Wildman–Crippen LogP) is 2.71. The molecule has 6 heteroatoms. The maximum atomic E-state index is 5.80. The summed E-state index contributed by atoms with van der Waals surface area (Å²) in [5.41, 5.74) is 1.24. The fourth-order valence-electron chi connectivity index (χ4n) is 2.96. The molecule has 0 amide bonds. The van der Waals surface area contributed by atoms with Gasteiger partial charge >= 0.3 is 0 Å². The van der Waals surface area contributed by atoms with Gasteiger partial charge in [0.1, 0.15) is 12.4 Å². The van der Waals surface area contributed by atoms with Crippen molar-refractivity contribution in [2.75, 3.05) is 60.2 Å². The molecule has 1 aromatic rings. The summed E-state index contributed by atoms with van der Waals surface area (Å²) in [6.07, 6.45) is 3.22. The Bertz CT molecular complexity index is 542. The highest BCUT2D eigenvalue weighted by Gasteiger charge is 2.13. The Kier molecular flexibility index (Phi) is 10.0. The van der Waals surface area contributed by atoms with Crippen molar-refractivity contribution < 1.29 is 14.2 Å². The molecule has 0 unspecified atom stereocenters. The van der Waals surface area contributed by atoms with Crippen LogP contribution >= 0.6 is 0 Å². The molecule has 0 radical (unpaired) electrons. The lowest BCUT2D eigenvalue weighted by Crippen LogP contribution is -2.41. The van der Waals surface area contributed by atoms with Gasteiger partial charge in [-0.15, -0.1) is 0 Å². The van der Waals surface area contributed by atoms with Gasteiger partial charge in [-0.1, -0.05) is 17.7 Å². The van der Waals surface area contributed by atoms with E-state index in [2.05, 4.69) is 34.3 Å². The van der Waals surface area contributed by atoms with E-state index >= 15 is 0 Å². The molecule has 2 rings (SSSR count). The lowest BCUT2D eigenvalue weighted by molar-refractivity contribution is 0.0203. The van der Waals surface area contributed by atoms with Crippen LogP contribution in [-0.4, -0.2) is 71.1 Å². The van der Waals surface area contributed by atoms with Crippen LogP contribution in [0.15, 0.2) is 29.3 Å². The third kappa shape index (κ3) is 8.63. The van der Waals surface area contributed by atoms with E-state index in [-0.39, 0.29) is 0 Å². The monoisotopic (exact) mass is 377 g/mol. The van der Waals surface area contributed by atoms with Crippen LogP contribution in [0.3, 0.4) is 0 Å². The van der Waals surface area contributed by atoms with Crippen LogP contribution in [0.1, 0.15) is 24.8 Å². The lowest BCUT2D eigenvalue weighted by atomic mass is 10.0. The van der Waals surface area contributed by atoms with Crippen LogP contribution in [0, 0.1) is 12.8 Å². The Morgan fingerprint density at radius 2 is 1.96 bits per heavy atom. The Morgan fingerprint density at radius 1 is 1.22 bits per heavy atom. The van der Waals surface area contributed by atoms with E-state index in [0.29, 0.717) is 12.5 Å². The number of aryl methyl sites for hydroxylation is 1. The zero-order chi connectivity index (χ0) is 19.3. The van der Waals surface area contributed by atoms with Crippen LogP contribution in [0.5, 0.6) is 5.75 Å². The Labute approximate surface area is 163 Å². The van der Waals surface area contributed by atoms with Gasteiger partial charge in [-0.25, -0.2) is 0 Å². The van der Waals surface area contributed by atoms with E-state index in [1.807, 2.05) is 19.2 Å². The minimum Gasteiger partial charge on any atom is -0.492 e. The first-order valence-electron chi connectivity index (χ1n) is 9.96. The van der Waals surface area contributed by atoms with Crippen molar-refractivity contribution in [3.05, 3.63) is 29.8 Å². The number of ether oxygens (including phenoxy) is 3. The van der Waals surface area contributed by atoms with Gasteiger partial charge in [-0.2, -0.15) is 0 Å². The zero-order valence-electron chi connectivity index (χ0n) is 17.1. The maximum Gasteiger partial charge on any atom is 0.193 e. The number of likely N-dealkylation sites (N-methyl/N-ethyl adjacent to an activating group) is 1. The molecular formula is C21H35N3O3. The normalized spacial score (nSPS) is 15.6. The highest BCUT2D eigenvalue weighted by atomic mass is 16.5. The molecule has 27 heavy (non-hydrogen) atoms. The molecule has 1 aromatic carbocycles. The Hall–Kier alpha value is -1.79. The molecule has 1 fully saturated rings. The number of nitrogens with one attached hydrogen (secondary N) is 1. The summed E-state index contributed by atoms with van der Waals surface area (Å²) in [6.45, 7) is 7.71. The number of aliphatic imine (C=N–C) groups is 1. The molecule has 0 spiro atoms. The van der Waals surface area contributed by atoms with E-state index < -0.39 is 0 Å². The van der Waals surface area contributed by atoms with E-state index in [0.717, 1.165) is 70.5 Å². The minimum absolute atomic E-state index is 0.620. The van der Waals surface area contributed by atoms with Crippen molar-refractivity contribution in [3.8, 4) is 5.75 Å². The van der Waals surface area contributed by atoms with Crippen LogP contribution in [0.4, 0.5) is 0 Å². The van der Waals surface area contributed by atoms with E-state index in [9.17, 15) is 0 Å². The van der Waals surface area contributed by atoms with Crippen molar-refractivity contribution in [1.29, 1.82) is 0 Å². The van der Waals surface area contributed by atoms with Gasteiger partial charge in [-0.05, 0) is 44.2 Å². The fourth-order valence-corrected chi connectivity index (χ4v) is 2.96. The number of nitrogens with zero attached hydrogens (tertiary/aromatic N) is 2. The van der Waals surface area contributed by atoms with Gasteiger partial charge < -0.3 is 24.4 Å². The first-order chi connectivity index (χ1) is 13.2. The standard InChI is InChI=1S/C21H35N3O3/c1-18-5-7-20(8-6-18)27-16-12-24(3)21(22-2)23-11-4-13-26-17-19-9-14-25-15-10-19/h5-8,19H,4,9-17H2,1-3H3,(H,22,23). The second-order valence-electron chi connectivity index (χ2n) is 7.04. The summed E-state index contributed by atoms with van der Waals surface area (Å²) in [5.74, 6) is 2.45. The van der Waals surface area contributed by atoms with Crippen molar-refractivity contribution in [2.45, 2.75) is 26.2 Å². The predicted molar refractivity (Wildman–Crippen MR) is 110 cm³/mol. The van der Waals surface area contributed by atoms with Gasteiger partial charge in [0.2, 0.25) is 0 Å². The van der Waals surface area contributed by atoms with Crippen LogP contribution < -0.4 is 10.1 Å². The van der Waals surface area contributed by atoms with Crippen LogP contribution in [0.25, 0.3) is 0 Å².